The Labute approximate surface area is 95.0 Å². The highest BCUT2D eigenvalue weighted by atomic mass is 32.1. The molecule has 2 heteroatoms. The van der Waals surface area contributed by atoms with Gasteiger partial charge >= 0.3 is 0 Å². The molecule has 78 valence electrons. The number of anilines is 1. The summed E-state index contributed by atoms with van der Waals surface area (Å²) in [6.07, 6.45) is 0. The minimum Gasteiger partial charge on any atom is -0.378 e. The van der Waals surface area contributed by atoms with Gasteiger partial charge in [-0.05, 0) is 36.8 Å². The molecule has 2 aromatic rings. The summed E-state index contributed by atoms with van der Waals surface area (Å²) in [5.74, 6) is 0. The summed E-state index contributed by atoms with van der Waals surface area (Å²) in [5, 5.41) is 0. The second-order valence-electron chi connectivity index (χ2n) is 3.85. The Balaban J connectivity index is 2.31. The van der Waals surface area contributed by atoms with Crippen molar-refractivity contribution in [1.82, 2.24) is 0 Å². The predicted octanol–water partition coefficient (Wildman–Crippen LogP) is 3.79. The molecule has 0 bridgehead atoms. The normalized spacial score (nSPS) is 10.3. The van der Waals surface area contributed by atoms with Crippen LogP contribution in [0.5, 0.6) is 0 Å². The van der Waals surface area contributed by atoms with Gasteiger partial charge in [-0.25, -0.2) is 0 Å². The molecule has 15 heavy (non-hydrogen) atoms. The molecule has 1 aromatic heterocycles. The molecule has 2 rings (SSSR count). The van der Waals surface area contributed by atoms with Crippen LogP contribution in [-0.2, 0) is 0 Å². The van der Waals surface area contributed by atoms with Gasteiger partial charge in [-0.1, -0.05) is 12.1 Å². The molecule has 0 fully saturated rings. The highest BCUT2D eigenvalue weighted by Gasteiger charge is 2.01. The standard InChI is InChI=1S/C13H15NS/c1-10-4-9-13(15-10)11-5-7-12(8-6-11)14(2)3/h4-9H,1-3H3. The molecule has 0 spiro atoms. The number of benzene rings is 1. The van der Waals surface area contributed by atoms with E-state index in [2.05, 4.69) is 62.3 Å². The lowest BCUT2D eigenvalue weighted by atomic mass is 10.1. The van der Waals surface area contributed by atoms with Crippen molar-refractivity contribution in [2.75, 3.05) is 19.0 Å². The Morgan fingerprint density at radius 1 is 0.933 bits per heavy atom. The van der Waals surface area contributed by atoms with E-state index in [0.29, 0.717) is 0 Å². The molecule has 0 aliphatic heterocycles. The van der Waals surface area contributed by atoms with Gasteiger partial charge in [-0.2, -0.15) is 0 Å². The zero-order chi connectivity index (χ0) is 10.8. The third-order valence-electron chi connectivity index (χ3n) is 2.41. The molecule has 1 heterocycles. The summed E-state index contributed by atoms with van der Waals surface area (Å²) in [5.41, 5.74) is 2.55. The first-order chi connectivity index (χ1) is 7.16. The van der Waals surface area contributed by atoms with E-state index in [1.807, 2.05) is 11.3 Å². The zero-order valence-corrected chi connectivity index (χ0v) is 10.1. The first kappa shape index (κ1) is 10.2. The lowest BCUT2D eigenvalue weighted by Gasteiger charge is -2.12. The van der Waals surface area contributed by atoms with Crippen molar-refractivity contribution in [3.05, 3.63) is 41.3 Å². The van der Waals surface area contributed by atoms with Crippen LogP contribution in [0.15, 0.2) is 36.4 Å². The minimum absolute atomic E-state index is 1.24. The van der Waals surface area contributed by atoms with E-state index in [-0.39, 0.29) is 0 Å². The van der Waals surface area contributed by atoms with Crippen molar-refractivity contribution < 1.29 is 0 Å². The van der Waals surface area contributed by atoms with Crippen LogP contribution in [0.2, 0.25) is 0 Å². The molecule has 0 N–H and O–H groups in total. The molecule has 1 aromatic carbocycles. The quantitative estimate of drug-likeness (QED) is 0.739. The Kier molecular flexibility index (Phi) is 2.78. The average molecular weight is 217 g/mol. The SMILES string of the molecule is Cc1ccc(-c2ccc(N(C)C)cc2)s1. The van der Waals surface area contributed by atoms with E-state index in [9.17, 15) is 0 Å². The molecule has 0 saturated heterocycles. The molecule has 0 aliphatic rings. The number of nitrogens with zero attached hydrogens (tertiary/aromatic N) is 1. The van der Waals surface area contributed by atoms with Crippen molar-refractivity contribution in [3.8, 4) is 10.4 Å². The van der Waals surface area contributed by atoms with Crippen LogP contribution in [0, 0.1) is 6.92 Å². The van der Waals surface area contributed by atoms with Crippen LogP contribution in [0.3, 0.4) is 0 Å². The van der Waals surface area contributed by atoms with Gasteiger partial charge in [0.2, 0.25) is 0 Å². The van der Waals surface area contributed by atoms with E-state index in [1.54, 1.807) is 0 Å². The Bertz CT molecular complexity index is 440. The van der Waals surface area contributed by atoms with Gasteiger partial charge in [-0.15, -0.1) is 11.3 Å². The Hall–Kier alpha value is -1.28. The predicted molar refractivity (Wildman–Crippen MR) is 68.8 cm³/mol. The third-order valence-corrected chi connectivity index (χ3v) is 3.46. The second-order valence-corrected chi connectivity index (χ2v) is 5.14. The van der Waals surface area contributed by atoms with Gasteiger partial charge in [0.1, 0.15) is 0 Å². The topological polar surface area (TPSA) is 3.24 Å². The van der Waals surface area contributed by atoms with E-state index < -0.39 is 0 Å². The van der Waals surface area contributed by atoms with Crippen molar-refractivity contribution in [3.63, 3.8) is 0 Å². The fourth-order valence-corrected chi connectivity index (χ4v) is 2.39. The monoisotopic (exact) mass is 217 g/mol. The van der Waals surface area contributed by atoms with E-state index in [0.717, 1.165) is 0 Å². The maximum absolute atomic E-state index is 2.19. The molecule has 0 aliphatic carbocycles. The molecule has 0 unspecified atom stereocenters. The molecular weight excluding hydrogens is 202 g/mol. The first-order valence-electron chi connectivity index (χ1n) is 5.01. The molecule has 0 atom stereocenters. The lowest BCUT2D eigenvalue weighted by molar-refractivity contribution is 1.13. The third kappa shape index (κ3) is 2.21. The van der Waals surface area contributed by atoms with Crippen LogP contribution < -0.4 is 4.90 Å². The summed E-state index contributed by atoms with van der Waals surface area (Å²) in [6.45, 7) is 2.14. The van der Waals surface area contributed by atoms with Crippen LogP contribution in [0.25, 0.3) is 10.4 Å². The van der Waals surface area contributed by atoms with Gasteiger partial charge in [0, 0.05) is 29.5 Å². The summed E-state index contributed by atoms with van der Waals surface area (Å²) in [7, 11) is 4.12. The van der Waals surface area contributed by atoms with Crippen LogP contribution >= 0.6 is 11.3 Å². The lowest BCUT2D eigenvalue weighted by Crippen LogP contribution is -2.07. The van der Waals surface area contributed by atoms with Gasteiger partial charge in [0.05, 0.1) is 0 Å². The molecule has 0 saturated carbocycles. The van der Waals surface area contributed by atoms with Crippen LogP contribution in [0.1, 0.15) is 4.88 Å². The number of aryl methyl sites for hydroxylation is 1. The Morgan fingerprint density at radius 2 is 1.60 bits per heavy atom. The molecule has 0 amide bonds. The van der Waals surface area contributed by atoms with Crippen LogP contribution in [-0.4, -0.2) is 14.1 Å². The second kappa shape index (κ2) is 4.07. The molecular formula is C13H15NS. The van der Waals surface area contributed by atoms with Gasteiger partial charge in [0.15, 0.2) is 0 Å². The van der Waals surface area contributed by atoms with Gasteiger partial charge in [-0.3, -0.25) is 0 Å². The number of hydrogen-bond donors (Lipinski definition) is 0. The maximum Gasteiger partial charge on any atom is 0.0361 e. The molecule has 0 radical (unpaired) electrons. The zero-order valence-electron chi connectivity index (χ0n) is 9.32. The summed E-state index contributed by atoms with van der Waals surface area (Å²) < 4.78 is 0. The van der Waals surface area contributed by atoms with E-state index in [4.69, 9.17) is 0 Å². The highest BCUT2D eigenvalue weighted by Crippen LogP contribution is 2.28. The smallest absolute Gasteiger partial charge is 0.0361 e. The summed E-state index contributed by atoms with van der Waals surface area (Å²) in [6, 6.07) is 13.0. The highest BCUT2D eigenvalue weighted by molar-refractivity contribution is 7.15. The Morgan fingerprint density at radius 3 is 2.07 bits per heavy atom. The maximum atomic E-state index is 2.19. The van der Waals surface area contributed by atoms with Gasteiger partial charge in [0.25, 0.3) is 0 Å². The van der Waals surface area contributed by atoms with Crippen molar-refractivity contribution >= 4 is 17.0 Å². The van der Waals surface area contributed by atoms with E-state index in [1.165, 1.54) is 21.0 Å². The summed E-state index contributed by atoms with van der Waals surface area (Å²) >= 11 is 1.84. The van der Waals surface area contributed by atoms with Crippen molar-refractivity contribution in [1.29, 1.82) is 0 Å². The first-order valence-corrected chi connectivity index (χ1v) is 5.82. The summed E-state index contributed by atoms with van der Waals surface area (Å²) in [4.78, 5) is 4.82. The van der Waals surface area contributed by atoms with E-state index >= 15 is 0 Å². The van der Waals surface area contributed by atoms with Crippen LogP contribution in [0.4, 0.5) is 5.69 Å². The fraction of sp³-hybridized carbons (Fsp3) is 0.231. The number of rotatable bonds is 2. The minimum atomic E-state index is 1.24. The number of thiophene rings is 1. The average Bonchev–Trinajstić information content (AvgIpc) is 2.65. The van der Waals surface area contributed by atoms with Crippen molar-refractivity contribution in [2.24, 2.45) is 0 Å². The fourth-order valence-electron chi connectivity index (χ4n) is 1.51. The van der Waals surface area contributed by atoms with Gasteiger partial charge < -0.3 is 4.90 Å². The number of hydrogen-bond acceptors (Lipinski definition) is 2. The molecule has 1 nitrogen and oxygen atoms in total. The largest absolute Gasteiger partial charge is 0.378 e. The van der Waals surface area contributed by atoms with Crippen molar-refractivity contribution in [2.45, 2.75) is 6.92 Å².